The van der Waals surface area contributed by atoms with E-state index in [4.69, 9.17) is 9.47 Å². The molecule has 3 aromatic carbocycles. The number of nitro groups is 1. The number of hydrogen-bond acceptors (Lipinski definition) is 6. The van der Waals surface area contributed by atoms with Crippen LogP contribution in [0.15, 0.2) is 91.0 Å². The molecule has 1 saturated heterocycles. The summed E-state index contributed by atoms with van der Waals surface area (Å²) in [6.07, 6.45) is 7.61. The third kappa shape index (κ3) is 5.92. The Morgan fingerprint density at radius 2 is 1.37 bits per heavy atom. The zero-order valence-electron chi connectivity index (χ0n) is 19.7. The first-order valence-electron chi connectivity index (χ1n) is 11.3. The Morgan fingerprint density at radius 3 is 1.83 bits per heavy atom. The molecule has 0 aromatic heterocycles. The van der Waals surface area contributed by atoms with Gasteiger partial charge < -0.3 is 9.47 Å². The second-order valence-corrected chi connectivity index (χ2v) is 10.9. The third-order valence-electron chi connectivity index (χ3n) is 5.78. The molecule has 0 unspecified atom stereocenters. The molecule has 4 rings (SSSR count). The van der Waals surface area contributed by atoms with Crippen molar-refractivity contribution in [2.24, 2.45) is 0 Å². The molecule has 1 aliphatic rings. The van der Waals surface area contributed by atoms with Crippen LogP contribution in [0.5, 0.6) is 11.5 Å². The molecule has 0 amide bonds. The van der Waals surface area contributed by atoms with Crippen LogP contribution in [0, 0.1) is 10.1 Å². The van der Waals surface area contributed by atoms with Crippen molar-refractivity contribution in [3.63, 3.8) is 0 Å². The van der Waals surface area contributed by atoms with E-state index in [1.165, 1.54) is 0 Å². The van der Waals surface area contributed by atoms with Crippen LogP contribution in [0.25, 0.3) is 5.57 Å². The number of ether oxygens (including phenoxy) is 2. The van der Waals surface area contributed by atoms with Crippen LogP contribution < -0.4 is 9.47 Å². The molecule has 0 N–H and O–H groups in total. The minimum Gasteiger partial charge on any atom is -0.497 e. The van der Waals surface area contributed by atoms with Gasteiger partial charge in [-0.05, 0) is 76.6 Å². The highest BCUT2D eigenvalue weighted by Crippen LogP contribution is 2.51. The predicted molar refractivity (Wildman–Crippen MR) is 147 cm³/mol. The van der Waals surface area contributed by atoms with Crippen molar-refractivity contribution in [2.45, 2.75) is 10.5 Å². The molecule has 180 valence electrons. The summed E-state index contributed by atoms with van der Waals surface area (Å²) in [6, 6.07) is 23.0. The van der Waals surface area contributed by atoms with Gasteiger partial charge >= 0.3 is 0 Å². The summed E-state index contributed by atoms with van der Waals surface area (Å²) in [4.78, 5) is 10.8. The normalized spacial score (nSPS) is 14.9. The van der Waals surface area contributed by atoms with Gasteiger partial charge in [-0.2, -0.15) is 0 Å². The number of thioether (sulfide) groups is 2. The van der Waals surface area contributed by atoms with Gasteiger partial charge in [-0.25, -0.2) is 0 Å². The van der Waals surface area contributed by atoms with E-state index in [0.29, 0.717) is 0 Å². The molecule has 1 fully saturated rings. The van der Waals surface area contributed by atoms with Crippen molar-refractivity contribution < 1.29 is 14.4 Å². The Labute approximate surface area is 214 Å². The number of allylic oxidation sites excluding steroid dienone is 2. The average Bonchev–Trinajstić information content (AvgIpc) is 2.92. The maximum atomic E-state index is 11.1. The molecule has 1 heterocycles. The minimum atomic E-state index is -0.355. The van der Waals surface area contributed by atoms with Crippen molar-refractivity contribution in [3.8, 4) is 11.5 Å². The second kappa shape index (κ2) is 11.5. The number of rotatable bonds is 8. The fourth-order valence-electron chi connectivity index (χ4n) is 3.89. The Hall–Kier alpha value is -3.16. The summed E-state index contributed by atoms with van der Waals surface area (Å²) < 4.78 is 10.4. The van der Waals surface area contributed by atoms with Crippen LogP contribution in [0.4, 0.5) is 5.69 Å². The highest BCUT2D eigenvalue weighted by Gasteiger charge is 2.33. The second-order valence-electron chi connectivity index (χ2n) is 7.92. The first-order valence-corrected chi connectivity index (χ1v) is 13.2. The van der Waals surface area contributed by atoms with Crippen molar-refractivity contribution in [1.29, 1.82) is 0 Å². The van der Waals surface area contributed by atoms with Gasteiger partial charge in [-0.1, -0.05) is 42.5 Å². The highest BCUT2D eigenvalue weighted by molar-refractivity contribution is 8.18. The summed E-state index contributed by atoms with van der Waals surface area (Å²) in [5.41, 5.74) is 4.41. The molecule has 0 aliphatic carbocycles. The topological polar surface area (TPSA) is 61.6 Å². The summed E-state index contributed by atoms with van der Waals surface area (Å²) in [7, 11) is 3.32. The Kier molecular flexibility index (Phi) is 8.21. The van der Waals surface area contributed by atoms with Gasteiger partial charge in [-0.15, -0.1) is 23.5 Å². The highest BCUT2D eigenvalue weighted by atomic mass is 32.2. The third-order valence-corrected chi connectivity index (χ3v) is 9.08. The molecule has 7 heteroatoms. The maximum absolute atomic E-state index is 11.1. The van der Waals surface area contributed by atoms with Crippen LogP contribution in [-0.4, -0.2) is 30.6 Å². The molecule has 5 nitrogen and oxygen atoms in total. The van der Waals surface area contributed by atoms with Crippen molar-refractivity contribution >= 4 is 34.8 Å². The van der Waals surface area contributed by atoms with Crippen molar-refractivity contribution in [2.75, 3.05) is 25.7 Å². The Morgan fingerprint density at radius 1 is 0.857 bits per heavy atom. The number of methoxy groups -OCH3 is 2. The van der Waals surface area contributed by atoms with Gasteiger partial charge in [0.15, 0.2) is 0 Å². The number of nitro benzene ring substituents is 1. The monoisotopic (exact) mass is 505 g/mol. The minimum absolute atomic E-state index is 0.111. The maximum Gasteiger partial charge on any atom is 0.269 e. The molecule has 1 aliphatic heterocycles. The van der Waals surface area contributed by atoms with Crippen LogP contribution in [0.1, 0.15) is 23.1 Å². The first-order chi connectivity index (χ1) is 17.0. The zero-order valence-corrected chi connectivity index (χ0v) is 21.3. The number of hydrogen-bond donors (Lipinski definition) is 0. The molecular weight excluding hydrogens is 478 g/mol. The lowest BCUT2D eigenvalue weighted by molar-refractivity contribution is -0.384. The fourth-order valence-corrected chi connectivity index (χ4v) is 7.05. The van der Waals surface area contributed by atoms with Crippen LogP contribution in [-0.2, 0) is 4.08 Å². The lowest BCUT2D eigenvalue weighted by atomic mass is 9.97. The molecular formula is C28H27NO4S2. The average molecular weight is 506 g/mol. The first kappa shape index (κ1) is 24.9. The number of benzene rings is 3. The van der Waals surface area contributed by atoms with E-state index in [1.54, 1.807) is 26.4 Å². The van der Waals surface area contributed by atoms with Gasteiger partial charge in [0.1, 0.15) is 15.6 Å². The lowest BCUT2D eigenvalue weighted by Gasteiger charge is -2.33. The van der Waals surface area contributed by atoms with Crippen LogP contribution in [0.3, 0.4) is 0 Å². The smallest absolute Gasteiger partial charge is 0.269 e. The van der Waals surface area contributed by atoms with E-state index in [9.17, 15) is 10.1 Å². The predicted octanol–water partition coefficient (Wildman–Crippen LogP) is 7.32. The fraction of sp³-hybridized carbons (Fsp3) is 0.214. The Bertz CT molecular complexity index is 1150. The van der Waals surface area contributed by atoms with Crippen LogP contribution >= 0.6 is 23.5 Å². The summed E-state index contributed by atoms with van der Waals surface area (Å²) in [5, 5.41) is 11.1. The molecule has 0 atom stereocenters. The summed E-state index contributed by atoms with van der Waals surface area (Å²) >= 11 is 3.75. The molecule has 0 saturated carbocycles. The quantitative estimate of drug-likeness (QED) is 0.182. The van der Waals surface area contributed by atoms with Crippen molar-refractivity contribution in [1.82, 2.24) is 0 Å². The molecule has 0 spiro atoms. The van der Waals surface area contributed by atoms with Gasteiger partial charge in [-0.3, -0.25) is 10.1 Å². The van der Waals surface area contributed by atoms with E-state index >= 15 is 0 Å². The van der Waals surface area contributed by atoms with Gasteiger partial charge in [0.2, 0.25) is 0 Å². The SMILES string of the molecule is COc1ccc(C(=CC=CC2(c3ccc([N+](=O)[O-])cc3)SCCCS2)c2ccc(OC)cc2)cc1. The number of non-ortho nitro benzene ring substituents is 1. The van der Waals surface area contributed by atoms with E-state index in [1.807, 2.05) is 59.9 Å². The summed E-state index contributed by atoms with van der Waals surface area (Å²) in [5.74, 6) is 3.71. The van der Waals surface area contributed by atoms with Crippen molar-refractivity contribution in [3.05, 3.63) is 118 Å². The molecule has 0 radical (unpaired) electrons. The van der Waals surface area contributed by atoms with E-state index in [0.717, 1.165) is 51.7 Å². The van der Waals surface area contributed by atoms with Crippen LogP contribution in [0.2, 0.25) is 0 Å². The molecule has 3 aromatic rings. The molecule has 0 bridgehead atoms. The van der Waals surface area contributed by atoms with E-state index < -0.39 is 0 Å². The molecule has 35 heavy (non-hydrogen) atoms. The number of nitrogens with zero attached hydrogens (tertiary/aromatic N) is 1. The van der Waals surface area contributed by atoms with Gasteiger partial charge in [0.05, 0.1) is 19.1 Å². The van der Waals surface area contributed by atoms with E-state index in [-0.39, 0.29) is 14.7 Å². The zero-order chi connectivity index (χ0) is 24.7. The lowest BCUT2D eigenvalue weighted by Crippen LogP contribution is -2.20. The van der Waals surface area contributed by atoms with E-state index in [2.05, 4.69) is 42.5 Å². The van der Waals surface area contributed by atoms with Gasteiger partial charge in [0, 0.05) is 12.1 Å². The van der Waals surface area contributed by atoms with Gasteiger partial charge in [0.25, 0.3) is 5.69 Å². The standard InChI is InChI=1S/C28H27NO4S2/c1-32-25-14-6-21(7-15-25)27(22-8-16-26(33-2)17-9-22)5-3-18-28(34-19-4-20-35-28)23-10-12-24(13-11-23)29(30)31/h3,5-18H,4,19-20H2,1-2H3. The Balaban J connectivity index is 1.72. The summed E-state index contributed by atoms with van der Waals surface area (Å²) in [6.45, 7) is 0. The largest absolute Gasteiger partial charge is 0.497 e.